The number of ether oxygens (including phenoxy) is 1. The molecular formula is C14H20N2O3. The van der Waals surface area contributed by atoms with E-state index < -0.39 is 11.4 Å². The van der Waals surface area contributed by atoms with E-state index in [4.69, 9.17) is 10.5 Å². The maximum Gasteiger partial charge on any atom is 0.314 e. The minimum Gasteiger partial charge on any atom is -0.497 e. The molecule has 0 radical (unpaired) electrons. The van der Waals surface area contributed by atoms with Crippen LogP contribution in [-0.2, 0) is 10.2 Å². The number of likely N-dealkylation sites (tertiary alicyclic amines) is 1. The number of anilines is 1. The predicted molar refractivity (Wildman–Crippen MR) is 73.5 cm³/mol. The summed E-state index contributed by atoms with van der Waals surface area (Å²) >= 11 is 0. The number of aliphatic carboxylic acids is 1. The molecule has 0 unspecified atom stereocenters. The lowest BCUT2D eigenvalue weighted by Crippen LogP contribution is -2.46. The summed E-state index contributed by atoms with van der Waals surface area (Å²) in [5, 5.41) is 9.70. The Hall–Kier alpha value is -1.75. The number of nitrogens with two attached hydrogens (primary N) is 1. The van der Waals surface area contributed by atoms with Gasteiger partial charge in [-0.15, -0.1) is 0 Å². The van der Waals surface area contributed by atoms with E-state index in [-0.39, 0.29) is 0 Å². The van der Waals surface area contributed by atoms with Gasteiger partial charge in [0, 0.05) is 5.69 Å². The minimum atomic E-state index is -0.898. The number of carboxylic acid groups (broad SMARTS) is 1. The second-order valence-corrected chi connectivity index (χ2v) is 5.14. The zero-order valence-electron chi connectivity index (χ0n) is 11.3. The van der Waals surface area contributed by atoms with Gasteiger partial charge < -0.3 is 20.5 Å². The highest BCUT2D eigenvalue weighted by atomic mass is 16.5. The molecule has 0 atom stereocenters. The molecule has 3 N–H and O–H groups in total. The van der Waals surface area contributed by atoms with Gasteiger partial charge in [0.15, 0.2) is 0 Å². The van der Waals surface area contributed by atoms with Crippen molar-refractivity contribution < 1.29 is 14.6 Å². The van der Waals surface area contributed by atoms with Gasteiger partial charge in [-0.1, -0.05) is 0 Å². The Labute approximate surface area is 113 Å². The number of piperidine rings is 1. The maximum absolute atomic E-state index is 11.8. The van der Waals surface area contributed by atoms with Crippen molar-refractivity contribution in [1.29, 1.82) is 0 Å². The molecule has 1 heterocycles. The highest BCUT2D eigenvalue weighted by Gasteiger charge is 2.43. The van der Waals surface area contributed by atoms with Crippen LogP contribution in [0.5, 0.6) is 5.75 Å². The average Bonchev–Trinajstić information content (AvgIpc) is 2.40. The van der Waals surface area contributed by atoms with Crippen LogP contribution in [-0.4, -0.2) is 43.2 Å². The second kappa shape index (κ2) is 5.09. The molecule has 0 amide bonds. The highest BCUT2D eigenvalue weighted by Crippen LogP contribution is 2.40. The van der Waals surface area contributed by atoms with Gasteiger partial charge in [-0.3, -0.25) is 4.79 Å². The quantitative estimate of drug-likeness (QED) is 0.805. The van der Waals surface area contributed by atoms with Crippen molar-refractivity contribution in [2.24, 2.45) is 0 Å². The van der Waals surface area contributed by atoms with Crippen molar-refractivity contribution in [2.75, 3.05) is 33.0 Å². The van der Waals surface area contributed by atoms with Crippen LogP contribution in [0.1, 0.15) is 18.4 Å². The Morgan fingerprint density at radius 1 is 1.42 bits per heavy atom. The second-order valence-electron chi connectivity index (χ2n) is 5.14. The number of methoxy groups -OCH3 is 1. The van der Waals surface area contributed by atoms with Gasteiger partial charge >= 0.3 is 5.97 Å². The van der Waals surface area contributed by atoms with Crippen LogP contribution >= 0.6 is 0 Å². The Bertz CT molecular complexity index is 480. The van der Waals surface area contributed by atoms with E-state index in [1.54, 1.807) is 25.3 Å². The molecule has 1 aromatic rings. The van der Waals surface area contributed by atoms with Crippen molar-refractivity contribution in [1.82, 2.24) is 4.90 Å². The van der Waals surface area contributed by atoms with E-state index >= 15 is 0 Å². The van der Waals surface area contributed by atoms with E-state index in [2.05, 4.69) is 4.90 Å². The number of hydrogen-bond donors (Lipinski definition) is 2. The predicted octanol–water partition coefficient (Wildman–Crippen LogP) is 1.33. The number of nitrogen functional groups attached to an aromatic ring is 1. The first-order chi connectivity index (χ1) is 8.99. The Morgan fingerprint density at radius 2 is 2.05 bits per heavy atom. The number of carbonyl (C=O) groups is 1. The summed E-state index contributed by atoms with van der Waals surface area (Å²) in [6.45, 7) is 1.51. The third-order valence-corrected chi connectivity index (χ3v) is 4.03. The van der Waals surface area contributed by atoms with Crippen molar-refractivity contribution in [3.63, 3.8) is 0 Å². The molecule has 1 aliphatic heterocycles. The van der Waals surface area contributed by atoms with Crippen LogP contribution < -0.4 is 10.5 Å². The normalized spacial score (nSPS) is 19.1. The van der Waals surface area contributed by atoms with Gasteiger partial charge in [-0.2, -0.15) is 0 Å². The van der Waals surface area contributed by atoms with Gasteiger partial charge in [0.25, 0.3) is 0 Å². The Kier molecular flexibility index (Phi) is 3.66. The number of benzene rings is 1. The lowest BCUT2D eigenvalue weighted by Gasteiger charge is -2.38. The minimum absolute atomic E-state index is 0.521. The van der Waals surface area contributed by atoms with Gasteiger partial charge in [0.05, 0.1) is 12.5 Å². The fourth-order valence-corrected chi connectivity index (χ4v) is 2.68. The first kappa shape index (κ1) is 13.7. The number of rotatable bonds is 3. The average molecular weight is 264 g/mol. The van der Waals surface area contributed by atoms with Crippen molar-refractivity contribution in [3.8, 4) is 5.75 Å². The molecule has 5 nitrogen and oxygen atoms in total. The summed E-state index contributed by atoms with van der Waals surface area (Å²) in [6.07, 6.45) is 1.13. The van der Waals surface area contributed by atoms with Crippen LogP contribution in [0.25, 0.3) is 0 Å². The van der Waals surface area contributed by atoms with Crippen molar-refractivity contribution >= 4 is 11.7 Å². The first-order valence-corrected chi connectivity index (χ1v) is 6.35. The largest absolute Gasteiger partial charge is 0.497 e. The smallest absolute Gasteiger partial charge is 0.314 e. The van der Waals surface area contributed by atoms with E-state index in [0.717, 1.165) is 13.1 Å². The van der Waals surface area contributed by atoms with Gasteiger partial charge in [-0.25, -0.2) is 0 Å². The lowest BCUT2D eigenvalue weighted by atomic mass is 9.72. The van der Waals surface area contributed by atoms with Gasteiger partial charge in [0.1, 0.15) is 5.75 Å². The molecule has 1 aromatic carbocycles. The first-order valence-electron chi connectivity index (χ1n) is 6.35. The van der Waals surface area contributed by atoms with Gasteiger partial charge in [0.2, 0.25) is 0 Å². The standard InChI is InChI=1S/C14H20N2O3/c1-16-7-5-14(6-8-16,13(17)18)11-9-10(19-2)3-4-12(11)15/h3-4,9H,5-8,15H2,1-2H3,(H,17,18). The number of nitrogens with zero attached hydrogens (tertiary/aromatic N) is 1. The molecule has 1 fully saturated rings. The molecule has 1 aliphatic rings. The maximum atomic E-state index is 11.8. The van der Waals surface area contributed by atoms with E-state index in [1.165, 1.54) is 0 Å². The summed E-state index contributed by atoms with van der Waals surface area (Å²) in [6, 6.07) is 5.23. The highest BCUT2D eigenvalue weighted by molar-refractivity contribution is 5.84. The molecule has 2 rings (SSSR count). The molecule has 0 bridgehead atoms. The third kappa shape index (κ3) is 2.38. The van der Waals surface area contributed by atoms with Crippen molar-refractivity contribution in [3.05, 3.63) is 23.8 Å². The summed E-state index contributed by atoms with van der Waals surface area (Å²) in [4.78, 5) is 14.0. The van der Waals surface area contributed by atoms with Crippen LogP contribution in [0, 0.1) is 0 Å². The topological polar surface area (TPSA) is 75.8 Å². The lowest BCUT2D eigenvalue weighted by molar-refractivity contribution is -0.145. The molecule has 0 spiro atoms. The Morgan fingerprint density at radius 3 is 2.58 bits per heavy atom. The number of hydrogen-bond acceptors (Lipinski definition) is 4. The van der Waals surface area contributed by atoms with Crippen LogP contribution in [0.3, 0.4) is 0 Å². The zero-order valence-corrected chi connectivity index (χ0v) is 11.3. The fourth-order valence-electron chi connectivity index (χ4n) is 2.68. The summed E-state index contributed by atoms with van der Waals surface area (Å²) in [5.41, 5.74) is 6.30. The van der Waals surface area contributed by atoms with Crippen LogP contribution in [0.4, 0.5) is 5.69 Å². The molecule has 0 saturated carbocycles. The summed E-state index contributed by atoms with van der Waals surface area (Å²) in [5.74, 6) is -0.163. The van der Waals surface area contributed by atoms with E-state index in [9.17, 15) is 9.90 Å². The van der Waals surface area contributed by atoms with E-state index in [0.29, 0.717) is 29.8 Å². The molecular weight excluding hydrogens is 244 g/mol. The van der Waals surface area contributed by atoms with Crippen LogP contribution in [0.2, 0.25) is 0 Å². The van der Waals surface area contributed by atoms with E-state index in [1.807, 2.05) is 7.05 Å². The van der Waals surface area contributed by atoms with Crippen molar-refractivity contribution in [2.45, 2.75) is 18.3 Å². The molecule has 5 heteroatoms. The zero-order chi connectivity index (χ0) is 14.0. The molecule has 104 valence electrons. The van der Waals surface area contributed by atoms with Gasteiger partial charge in [-0.05, 0) is 56.7 Å². The fraction of sp³-hybridized carbons (Fsp3) is 0.500. The molecule has 1 saturated heterocycles. The summed E-state index contributed by atoms with van der Waals surface area (Å²) in [7, 11) is 3.57. The summed E-state index contributed by atoms with van der Waals surface area (Å²) < 4.78 is 5.19. The molecule has 0 aromatic heterocycles. The Balaban J connectivity index is 2.47. The third-order valence-electron chi connectivity index (χ3n) is 4.03. The number of carboxylic acids is 1. The molecule has 0 aliphatic carbocycles. The monoisotopic (exact) mass is 264 g/mol. The SMILES string of the molecule is COc1ccc(N)c(C2(C(=O)O)CCN(C)CC2)c1. The van der Waals surface area contributed by atoms with Crippen LogP contribution in [0.15, 0.2) is 18.2 Å². The molecule has 19 heavy (non-hydrogen) atoms.